The summed E-state index contributed by atoms with van der Waals surface area (Å²) in [6.07, 6.45) is 1.92. The van der Waals surface area contributed by atoms with Crippen molar-refractivity contribution >= 4 is 45.1 Å². The molecule has 0 unspecified atom stereocenters. The van der Waals surface area contributed by atoms with Gasteiger partial charge < -0.3 is 15.6 Å². The van der Waals surface area contributed by atoms with Crippen LogP contribution in [0.15, 0.2) is 9.95 Å². The fourth-order valence-corrected chi connectivity index (χ4v) is 4.22. The van der Waals surface area contributed by atoms with Crippen LogP contribution in [0.4, 0.5) is 0 Å². The number of hydrogen-bond donors (Lipinski definition) is 3. The van der Waals surface area contributed by atoms with Gasteiger partial charge in [0.05, 0.1) is 17.7 Å². The quantitative estimate of drug-likeness (QED) is 0.467. The van der Waals surface area contributed by atoms with Gasteiger partial charge in [0.2, 0.25) is 11.8 Å². The van der Waals surface area contributed by atoms with E-state index in [1.807, 2.05) is 6.92 Å². The number of thiophene rings is 1. The third-order valence-corrected chi connectivity index (χ3v) is 6.07. The van der Waals surface area contributed by atoms with Gasteiger partial charge in [-0.2, -0.15) is 0 Å². The zero-order chi connectivity index (χ0) is 19.3. The Balaban J connectivity index is 2.13. The van der Waals surface area contributed by atoms with E-state index in [1.54, 1.807) is 0 Å². The smallest absolute Gasteiger partial charge is 0.260 e. The summed E-state index contributed by atoms with van der Waals surface area (Å²) in [6, 6.07) is 0. The summed E-state index contributed by atoms with van der Waals surface area (Å²) in [5, 5.41) is 6.01. The summed E-state index contributed by atoms with van der Waals surface area (Å²) in [7, 11) is 1.51. The van der Waals surface area contributed by atoms with Gasteiger partial charge in [-0.1, -0.05) is 32.0 Å². The van der Waals surface area contributed by atoms with E-state index in [1.165, 1.54) is 18.4 Å². The van der Waals surface area contributed by atoms with Crippen LogP contribution in [0.1, 0.15) is 30.7 Å². The van der Waals surface area contributed by atoms with E-state index in [4.69, 9.17) is 0 Å². The van der Waals surface area contributed by atoms with Gasteiger partial charge in [0.1, 0.15) is 4.83 Å². The molecule has 2 amide bonds. The lowest BCUT2D eigenvalue weighted by molar-refractivity contribution is -0.124. The normalized spacial score (nSPS) is 12.2. The maximum Gasteiger partial charge on any atom is 0.260 e. The Morgan fingerprint density at radius 2 is 2.08 bits per heavy atom. The van der Waals surface area contributed by atoms with Crippen molar-refractivity contribution in [2.24, 2.45) is 5.92 Å². The molecule has 0 aliphatic rings. The highest BCUT2D eigenvalue weighted by Crippen LogP contribution is 2.30. The summed E-state index contributed by atoms with van der Waals surface area (Å²) in [6.45, 7) is 6.26. The zero-order valence-electron chi connectivity index (χ0n) is 15.4. The van der Waals surface area contributed by atoms with Crippen molar-refractivity contribution in [3.05, 3.63) is 20.8 Å². The van der Waals surface area contributed by atoms with E-state index in [0.29, 0.717) is 21.3 Å². The number of fused-ring (bicyclic) bond motifs is 1. The number of carbonyl (C=O) groups excluding carboxylic acids is 2. The molecular formula is C17H24N4O3S2. The molecule has 0 saturated heterocycles. The molecule has 0 aliphatic carbocycles. The summed E-state index contributed by atoms with van der Waals surface area (Å²) >= 11 is 2.66. The molecule has 0 radical (unpaired) electrons. The third-order valence-electron chi connectivity index (χ3n) is 4.16. The molecule has 26 heavy (non-hydrogen) atoms. The second-order valence-electron chi connectivity index (χ2n) is 6.14. The van der Waals surface area contributed by atoms with Crippen molar-refractivity contribution in [3.63, 3.8) is 0 Å². The summed E-state index contributed by atoms with van der Waals surface area (Å²) in [5.41, 5.74) is 0.916. The Kier molecular flexibility index (Phi) is 7.22. The first-order valence-corrected chi connectivity index (χ1v) is 10.3. The maximum absolute atomic E-state index is 12.5. The monoisotopic (exact) mass is 396 g/mol. The van der Waals surface area contributed by atoms with Gasteiger partial charge in [0.25, 0.3) is 5.56 Å². The average Bonchev–Trinajstić information content (AvgIpc) is 2.93. The van der Waals surface area contributed by atoms with E-state index < -0.39 is 0 Å². The van der Waals surface area contributed by atoms with Gasteiger partial charge in [0.15, 0.2) is 5.16 Å². The Morgan fingerprint density at radius 3 is 2.73 bits per heavy atom. The second kappa shape index (κ2) is 9.18. The molecule has 2 aromatic heterocycles. The molecule has 0 aromatic carbocycles. The second-order valence-corrected chi connectivity index (χ2v) is 8.31. The fraction of sp³-hybridized carbons (Fsp3) is 0.529. The first-order chi connectivity index (χ1) is 12.3. The number of nitrogens with one attached hydrogen (secondary N) is 3. The van der Waals surface area contributed by atoms with Crippen molar-refractivity contribution in [2.45, 2.75) is 38.8 Å². The number of hydrogen-bond acceptors (Lipinski definition) is 6. The number of rotatable bonds is 8. The first-order valence-electron chi connectivity index (χ1n) is 8.48. The lowest BCUT2D eigenvalue weighted by Gasteiger charge is -2.08. The molecule has 0 fully saturated rings. The Labute approximate surface area is 160 Å². The maximum atomic E-state index is 12.5. The molecule has 0 spiro atoms. The Hall–Kier alpha value is -1.87. The number of aromatic amines is 1. The highest BCUT2D eigenvalue weighted by atomic mass is 32.2. The predicted octanol–water partition coefficient (Wildman–Crippen LogP) is 1.84. The molecule has 0 bridgehead atoms. The standard InChI is InChI=1S/C17H24N4O3S2/c1-5-9(2)6-11-10(3)26-16-14(11)15(24)20-17(21-16)25-8-13(23)19-7-12(22)18-4/h9H,5-8H2,1-4H3,(H,18,22)(H,19,23)(H,20,21,24)/t9-/m0/s1. The number of amides is 2. The van der Waals surface area contributed by atoms with Crippen LogP contribution in [0.3, 0.4) is 0 Å². The minimum absolute atomic E-state index is 0.0675. The molecular weight excluding hydrogens is 372 g/mol. The van der Waals surface area contributed by atoms with E-state index in [9.17, 15) is 14.4 Å². The Morgan fingerprint density at radius 1 is 1.35 bits per heavy atom. The van der Waals surface area contributed by atoms with Gasteiger partial charge in [-0.25, -0.2) is 4.98 Å². The SMILES string of the molecule is CC[C@H](C)Cc1c(C)sc2nc(SCC(=O)NCC(=O)NC)[nH]c(=O)c12. The van der Waals surface area contributed by atoms with Crippen LogP contribution in [0.5, 0.6) is 0 Å². The number of aryl methyl sites for hydroxylation is 1. The van der Waals surface area contributed by atoms with Crippen LogP contribution in [0, 0.1) is 12.8 Å². The van der Waals surface area contributed by atoms with Crippen molar-refractivity contribution in [1.82, 2.24) is 20.6 Å². The minimum atomic E-state index is -0.291. The number of H-pyrrole nitrogens is 1. The molecule has 9 heteroatoms. The van der Waals surface area contributed by atoms with Gasteiger partial charge in [0, 0.05) is 11.9 Å². The number of carbonyl (C=O) groups is 2. The van der Waals surface area contributed by atoms with Crippen LogP contribution in [-0.4, -0.2) is 41.1 Å². The highest BCUT2D eigenvalue weighted by Gasteiger charge is 2.17. The lowest BCUT2D eigenvalue weighted by atomic mass is 9.98. The summed E-state index contributed by atoms with van der Waals surface area (Å²) in [4.78, 5) is 44.5. The first kappa shape index (κ1) is 20.4. The summed E-state index contributed by atoms with van der Waals surface area (Å²) in [5.74, 6) is 0.0273. The van der Waals surface area contributed by atoms with Crippen LogP contribution in [0.25, 0.3) is 10.2 Å². The predicted molar refractivity (Wildman–Crippen MR) is 106 cm³/mol. The van der Waals surface area contributed by atoms with Crippen molar-refractivity contribution in [1.29, 1.82) is 0 Å². The number of aromatic nitrogens is 2. The van der Waals surface area contributed by atoms with Crippen molar-refractivity contribution in [3.8, 4) is 0 Å². The van der Waals surface area contributed by atoms with E-state index in [2.05, 4.69) is 34.4 Å². The molecule has 1 atom stereocenters. The number of nitrogens with zero attached hydrogens (tertiary/aromatic N) is 1. The molecule has 2 heterocycles. The molecule has 3 N–H and O–H groups in total. The van der Waals surface area contributed by atoms with Gasteiger partial charge in [-0.05, 0) is 24.8 Å². The zero-order valence-corrected chi connectivity index (χ0v) is 17.0. The highest BCUT2D eigenvalue weighted by molar-refractivity contribution is 7.99. The molecule has 2 rings (SSSR count). The number of thioether (sulfide) groups is 1. The van der Waals surface area contributed by atoms with Crippen LogP contribution in [0.2, 0.25) is 0 Å². The van der Waals surface area contributed by atoms with E-state index in [0.717, 1.165) is 35.0 Å². The number of likely N-dealkylation sites (N-methyl/N-ethyl adjacent to an activating group) is 1. The van der Waals surface area contributed by atoms with Gasteiger partial charge >= 0.3 is 0 Å². The third kappa shape index (κ3) is 5.07. The molecule has 7 nitrogen and oxygen atoms in total. The molecule has 142 valence electrons. The van der Waals surface area contributed by atoms with Crippen molar-refractivity contribution in [2.75, 3.05) is 19.3 Å². The van der Waals surface area contributed by atoms with Gasteiger partial charge in [-0.15, -0.1) is 11.3 Å². The van der Waals surface area contributed by atoms with Crippen LogP contribution >= 0.6 is 23.1 Å². The lowest BCUT2D eigenvalue weighted by Crippen LogP contribution is -2.36. The molecule has 2 aromatic rings. The van der Waals surface area contributed by atoms with Crippen LogP contribution in [-0.2, 0) is 16.0 Å². The molecule has 0 saturated carbocycles. The summed E-state index contributed by atoms with van der Waals surface area (Å²) < 4.78 is 0. The van der Waals surface area contributed by atoms with Gasteiger partial charge in [-0.3, -0.25) is 14.4 Å². The van der Waals surface area contributed by atoms with E-state index in [-0.39, 0.29) is 29.7 Å². The minimum Gasteiger partial charge on any atom is -0.358 e. The van der Waals surface area contributed by atoms with Crippen molar-refractivity contribution < 1.29 is 9.59 Å². The Bertz CT molecular complexity index is 860. The molecule has 0 aliphatic heterocycles. The average molecular weight is 397 g/mol. The van der Waals surface area contributed by atoms with E-state index >= 15 is 0 Å². The topological polar surface area (TPSA) is 104 Å². The van der Waals surface area contributed by atoms with Crippen LogP contribution < -0.4 is 16.2 Å². The largest absolute Gasteiger partial charge is 0.358 e. The fourth-order valence-electron chi connectivity index (χ4n) is 2.41.